The fourth-order valence-corrected chi connectivity index (χ4v) is 1.39. The van der Waals surface area contributed by atoms with Gasteiger partial charge in [-0.05, 0) is 12.1 Å². The molecule has 1 aromatic rings. The van der Waals surface area contributed by atoms with Crippen LogP contribution in [0.3, 0.4) is 0 Å². The summed E-state index contributed by atoms with van der Waals surface area (Å²) in [5.74, 6) is -2.82. The summed E-state index contributed by atoms with van der Waals surface area (Å²) in [4.78, 5) is 33.2. The second-order valence-corrected chi connectivity index (χ2v) is 3.68. The Hall–Kier alpha value is -2.64. The number of nitrogens with one attached hydrogen (secondary N) is 2. The maximum absolute atomic E-state index is 13.5. The van der Waals surface area contributed by atoms with Gasteiger partial charge in [-0.25, -0.2) is 14.0 Å². The molecule has 0 aliphatic rings. The molecule has 0 saturated heterocycles. The van der Waals surface area contributed by atoms with E-state index in [0.29, 0.717) is 0 Å². The second-order valence-electron chi connectivity index (χ2n) is 3.68. The number of hydrogen-bond donors (Lipinski definition) is 3. The average molecular weight is 284 g/mol. The van der Waals surface area contributed by atoms with Crippen LogP contribution in [-0.4, -0.2) is 36.7 Å². The van der Waals surface area contributed by atoms with E-state index in [1.54, 1.807) is 0 Å². The molecular weight excluding hydrogens is 271 g/mol. The van der Waals surface area contributed by atoms with Gasteiger partial charge < -0.3 is 20.5 Å². The summed E-state index contributed by atoms with van der Waals surface area (Å²) < 4.78 is 18.0. The number of carboxylic acids is 1. The molecule has 0 spiro atoms. The topological polar surface area (TPSA) is 105 Å². The standard InChI is InChI=1S/C12H13FN2O5/c1-20-11(18)10-7(13)3-2-4-8(10)15-12(19)14-6-5-9(16)17/h2-4H,5-6H2,1H3,(H,16,17)(H2,14,15,19). The molecule has 8 heteroatoms. The Labute approximate surface area is 113 Å². The van der Waals surface area contributed by atoms with Crippen LogP contribution in [-0.2, 0) is 9.53 Å². The molecular formula is C12H13FN2O5. The van der Waals surface area contributed by atoms with Crippen LogP contribution in [0.25, 0.3) is 0 Å². The molecule has 108 valence electrons. The Bertz CT molecular complexity index is 533. The van der Waals surface area contributed by atoms with Crippen molar-refractivity contribution in [3.05, 3.63) is 29.6 Å². The Morgan fingerprint density at radius 1 is 1.35 bits per heavy atom. The Kier molecular flexibility index (Phi) is 5.45. The summed E-state index contributed by atoms with van der Waals surface area (Å²) in [5.41, 5.74) is -0.465. The molecule has 0 bridgehead atoms. The van der Waals surface area contributed by atoms with Gasteiger partial charge in [0, 0.05) is 6.54 Å². The molecule has 20 heavy (non-hydrogen) atoms. The summed E-state index contributed by atoms with van der Waals surface area (Å²) in [6.45, 7) is -0.0932. The molecule has 1 aromatic carbocycles. The Morgan fingerprint density at radius 3 is 2.65 bits per heavy atom. The lowest BCUT2D eigenvalue weighted by atomic mass is 10.1. The number of rotatable bonds is 5. The van der Waals surface area contributed by atoms with Crippen LogP contribution in [0.2, 0.25) is 0 Å². The van der Waals surface area contributed by atoms with Crippen LogP contribution in [0.4, 0.5) is 14.9 Å². The van der Waals surface area contributed by atoms with E-state index in [9.17, 15) is 18.8 Å². The quantitative estimate of drug-likeness (QED) is 0.705. The van der Waals surface area contributed by atoms with Gasteiger partial charge in [-0.1, -0.05) is 6.07 Å². The number of carbonyl (C=O) groups is 3. The number of urea groups is 1. The number of ether oxygens (including phenoxy) is 1. The van der Waals surface area contributed by atoms with E-state index in [0.717, 1.165) is 13.2 Å². The summed E-state index contributed by atoms with van der Waals surface area (Å²) in [6.07, 6.45) is -0.250. The largest absolute Gasteiger partial charge is 0.481 e. The van der Waals surface area contributed by atoms with Gasteiger partial charge in [0.15, 0.2) is 0 Å². The lowest BCUT2D eigenvalue weighted by Gasteiger charge is -2.11. The fourth-order valence-electron chi connectivity index (χ4n) is 1.39. The molecule has 0 radical (unpaired) electrons. The number of halogens is 1. The van der Waals surface area contributed by atoms with Gasteiger partial charge in [0.25, 0.3) is 0 Å². The Balaban J connectivity index is 2.77. The molecule has 2 amide bonds. The fraction of sp³-hybridized carbons (Fsp3) is 0.250. The van der Waals surface area contributed by atoms with Gasteiger partial charge >= 0.3 is 18.0 Å². The van der Waals surface area contributed by atoms with Crippen molar-refractivity contribution in [3.8, 4) is 0 Å². The van der Waals surface area contributed by atoms with Crippen LogP contribution in [0.5, 0.6) is 0 Å². The zero-order chi connectivity index (χ0) is 15.1. The maximum Gasteiger partial charge on any atom is 0.342 e. The maximum atomic E-state index is 13.5. The van der Waals surface area contributed by atoms with E-state index >= 15 is 0 Å². The van der Waals surface area contributed by atoms with E-state index in [2.05, 4.69) is 15.4 Å². The predicted molar refractivity (Wildman–Crippen MR) is 67.0 cm³/mol. The van der Waals surface area contributed by atoms with Crippen LogP contribution in [0.1, 0.15) is 16.8 Å². The van der Waals surface area contributed by atoms with Crippen LogP contribution < -0.4 is 10.6 Å². The van der Waals surface area contributed by atoms with Crippen LogP contribution in [0, 0.1) is 5.82 Å². The molecule has 0 heterocycles. The highest BCUT2D eigenvalue weighted by Crippen LogP contribution is 2.19. The molecule has 0 saturated carbocycles. The van der Waals surface area contributed by atoms with Gasteiger partial charge in [0.2, 0.25) is 0 Å². The number of methoxy groups -OCH3 is 1. The molecule has 7 nitrogen and oxygen atoms in total. The zero-order valence-corrected chi connectivity index (χ0v) is 10.6. The summed E-state index contributed by atoms with van der Waals surface area (Å²) >= 11 is 0. The van der Waals surface area contributed by atoms with Crippen molar-refractivity contribution >= 4 is 23.7 Å². The molecule has 0 atom stereocenters. The number of esters is 1. The van der Waals surface area contributed by atoms with Crippen LogP contribution >= 0.6 is 0 Å². The zero-order valence-electron chi connectivity index (χ0n) is 10.6. The van der Waals surface area contributed by atoms with Gasteiger partial charge in [-0.3, -0.25) is 4.79 Å². The number of hydrogen-bond acceptors (Lipinski definition) is 4. The highest BCUT2D eigenvalue weighted by molar-refractivity contribution is 6.01. The minimum atomic E-state index is -1.06. The number of anilines is 1. The smallest absolute Gasteiger partial charge is 0.342 e. The van der Waals surface area contributed by atoms with Gasteiger partial charge in [-0.2, -0.15) is 0 Å². The SMILES string of the molecule is COC(=O)c1c(F)cccc1NC(=O)NCCC(=O)O. The summed E-state index contributed by atoms with van der Waals surface area (Å²) in [5, 5.41) is 12.9. The predicted octanol–water partition coefficient (Wildman–Crippen LogP) is 1.21. The first kappa shape index (κ1) is 15.4. The van der Waals surface area contributed by atoms with Gasteiger partial charge in [0.1, 0.15) is 11.4 Å². The monoisotopic (exact) mass is 284 g/mol. The van der Waals surface area contributed by atoms with Gasteiger partial charge in [0.05, 0.1) is 19.2 Å². The minimum Gasteiger partial charge on any atom is -0.481 e. The molecule has 1 rings (SSSR count). The van der Waals surface area contributed by atoms with Crippen molar-refractivity contribution in [1.29, 1.82) is 0 Å². The van der Waals surface area contributed by atoms with Crippen LogP contribution in [0.15, 0.2) is 18.2 Å². The van der Waals surface area contributed by atoms with Crippen molar-refractivity contribution in [2.45, 2.75) is 6.42 Å². The number of amides is 2. The molecule has 0 aliphatic heterocycles. The average Bonchev–Trinajstić information content (AvgIpc) is 2.37. The number of benzene rings is 1. The third-order valence-electron chi connectivity index (χ3n) is 2.28. The number of aliphatic carboxylic acids is 1. The Morgan fingerprint density at radius 2 is 2.05 bits per heavy atom. The number of carboxylic acid groups (broad SMARTS) is 1. The van der Waals surface area contributed by atoms with E-state index in [1.807, 2.05) is 0 Å². The van der Waals surface area contributed by atoms with Crippen molar-refractivity contribution < 1.29 is 28.6 Å². The first-order valence-electron chi connectivity index (χ1n) is 5.59. The molecule has 0 fully saturated rings. The summed E-state index contributed by atoms with van der Waals surface area (Å²) in [6, 6.07) is 2.95. The van der Waals surface area contributed by atoms with Gasteiger partial charge in [-0.15, -0.1) is 0 Å². The number of carbonyl (C=O) groups excluding carboxylic acids is 2. The van der Waals surface area contributed by atoms with E-state index in [-0.39, 0.29) is 18.7 Å². The second kappa shape index (κ2) is 7.07. The summed E-state index contributed by atoms with van der Waals surface area (Å²) in [7, 11) is 1.09. The molecule has 0 unspecified atom stereocenters. The van der Waals surface area contributed by atoms with Crippen molar-refractivity contribution in [1.82, 2.24) is 5.32 Å². The van der Waals surface area contributed by atoms with E-state index in [1.165, 1.54) is 12.1 Å². The first-order valence-corrected chi connectivity index (χ1v) is 5.59. The molecule has 3 N–H and O–H groups in total. The highest BCUT2D eigenvalue weighted by Gasteiger charge is 2.18. The van der Waals surface area contributed by atoms with Crippen molar-refractivity contribution in [2.75, 3.05) is 19.0 Å². The van der Waals surface area contributed by atoms with E-state index in [4.69, 9.17) is 5.11 Å². The lowest BCUT2D eigenvalue weighted by Crippen LogP contribution is -2.31. The normalized spacial score (nSPS) is 9.70. The highest BCUT2D eigenvalue weighted by atomic mass is 19.1. The third-order valence-corrected chi connectivity index (χ3v) is 2.28. The molecule has 0 aromatic heterocycles. The molecule has 0 aliphatic carbocycles. The van der Waals surface area contributed by atoms with E-state index < -0.39 is 29.4 Å². The third kappa shape index (κ3) is 4.23. The van der Waals surface area contributed by atoms with Crippen molar-refractivity contribution in [2.24, 2.45) is 0 Å². The van der Waals surface area contributed by atoms with Crippen molar-refractivity contribution in [3.63, 3.8) is 0 Å². The minimum absolute atomic E-state index is 0.0651. The first-order chi connectivity index (χ1) is 9.45. The lowest BCUT2D eigenvalue weighted by molar-refractivity contribution is -0.136.